The number of para-hydroxylation sites is 1. The number of hydrogen-bond donors (Lipinski definition) is 3. The number of aromatic amines is 1. The third-order valence-corrected chi connectivity index (χ3v) is 6.70. The first kappa shape index (κ1) is 25.2. The van der Waals surface area contributed by atoms with Crippen molar-refractivity contribution in [1.82, 2.24) is 14.8 Å². The molecule has 3 aromatic rings. The largest absolute Gasteiger partial charge is 0.493 e. The second-order valence-electron chi connectivity index (χ2n) is 8.90. The Labute approximate surface area is 207 Å². The van der Waals surface area contributed by atoms with Crippen LogP contribution in [0.15, 0.2) is 48.5 Å². The summed E-state index contributed by atoms with van der Waals surface area (Å²) in [6.45, 7) is 5.51. The number of nitrogens with zero attached hydrogens (tertiary/aromatic N) is 2. The van der Waals surface area contributed by atoms with Crippen LogP contribution in [0.25, 0.3) is 10.9 Å². The van der Waals surface area contributed by atoms with Gasteiger partial charge in [0.2, 0.25) is 0 Å². The molecule has 4 N–H and O–H groups in total. The van der Waals surface area contributed by atoms with Crippen LogP contribution >= 0.6 is 24.8 Å². The summed E-state index contributed by atoms with van der Waals surface area (Å²) >= 11 is 0. The molecule has 2 aliphatic rings. The Bertz CT molecular complexity index is 1040. The zero-order chi connectivity index (χ0) is 21.2. The molecule has 0 aliphatic carbocycles. The predicted molar refractivity (Wildman–Crippen MR) is 139 cm³/mol. The van der Waals surface area contributed by atoms with E-state index in [0.717, 1.165) is 45.0 Å². The monoisotopic (exact) mass is 489 g/mol. The molecule has 5 rings (SSSR count). The smallest absolute Gasteiger partial charge is 0.188 e. The van der Waals surface area contributed by atoms with Gasteiger partial charge in [-0.05, 0) is 79.0 Å². The predicted octanol–water partition coefficient (Wildman–Crippen LogP) is 4.55. The molecule has 178 valence electrons. The number of fused-ring (bicyclic) bond motifs is 2. The van der Waals surface area contributed by atoms with Crippen LogP contribution in [-0.4, -0.2) is 47.0 Å². The van der Waals surface area contributed by atoms with Crippen LogP contribution in [0.5, 0.6) is 5.75 Å². The topological polar surface area (TPSA) is 81.4 Å². The Morgan fingerprint density at radius 1 is 1.03 bits per heavy atom. The molecule has 33 heavy (non-hydrogen) atoms. The zero-order valence-electron chi connectivity index (χ0n) is 18.8. The van der Waals surface area contributed by atoms with Crippen molar-refractivity contribution in [2.75, 3.05) is 26.2 Å². The lowest BCUT2D eigenvalue weighted by Crippen LogP contribution is -2.40. The summed E-state index contributed by atoms with van der Waals surface area (Å²) in [5, 5.41) is 8.97. The van der Waals surface area contributed by atoms with Crippen molar-refractivity contribution in [2.24, 2.45) is 11.7 Å². The number of piperidine rings is 1. The van der Waals surface area contributed by atoms with Gasteiger partial charge in [-0.15, -0.1) is 24.8 Å². The Morgan fingerprint density at radius 2 is 1.82 bits per heavy atom. The summed E-state index contributed by atoms with van der Waals surface area (Å²) in [6, 6.07) is 17.1. The molecule has 8 heteroatoms. The van der Waals surface area contributed by atoms with Gasteiger partial charge in [0.05, 0.1) is 6.61 Å². The van der Waals surface area contributed by atoms with Crippen molar-refractivity contribution in [3.8, 4) is 5.75 Å². The van der Waals surface area contributed by atoms with E-state index in [9.17, 15) is 0 Å². The van der Waals surface area contributed by atoms with Crippen LogP contribution in [0.3, 0.4) is 0 Å². The number of likely N-dealkylation sites (tertiary alicyclic amines) is 1. The molecule has 6 nitrogen and oxygen atoms in total. The van der Waals surface area contributed by atoms with Gasteiger partial charge < -0.3 is 20.4 Å². The fourth-order valence-electron chi connectivity index (χ4n) is 4.81. The molecule has 0 atom stereocenters. The van der Waals surface area contributed by atoms with E-state index in [1.165, 1.54) is 40.6 Å². The summed E-state index contributed by atoms with van der Waals surface area (Å²) in [5.41, 5.74) is 10.8. The molecule has 2 aliphatic heterocycles. The average Bonchev–Trinajstić information content (AvgIpc) is 3.20. The van der Waals surface area contributed by atoms with Crippen molar-refractivity contribution < 1.29 is 4.74 Å². The lowest BCUT2D eigenvalue weighted by atomic mass is 9.97. The third kappa shape index (κ3) is 5.94. The molecule has 1 aromatic heterocycles. The molecule has 0 spiro atoms. The Balaban J connectivity index is 0.00000153. The maximum Gasteiger partial charge on any atom is 0.188 e. The fraction of sp³-hybridized carbons (Fsp3) is 0.400. The quantitative estimate of drug-likeness (QED) is 0.362. The maximum atomic E-state index is 7.68. The van der Waals surface area contributed by atoms with Gasteiger partial charge in [-0.3, -0.25) is 10.3 Å². The Morgan fingerprint density at radius 3 is 2.58 bits per heavy atom. The van der Waals surface area contributed by atoms with Gasteiger partial charge in [0.1, 0.15) is 5.75 Å². The Hall–Kier alpha value is -2.41. The molecular formula is C25H33Cl2N5O. The van der Waals surface area contributed by atoms with E-state index >= 15 is 0 Å². The van der Waals surface area contributed by atoms with Gasteiger partial charge in [0.15, 0.2) is 5.96 Å². The lowest BCUT2D eigenvalue weighted by Gasteiger charge is -2.32. The van der Waals surface area contributed by atoms with E-state index in [1.807, 2.05) is 4.90 Å². The summed E-state index contributed by atoms with van der Waals surface area (Å²) in [6.07, 6.45) is 3.27. The van der Waals surface area contributed by atoms with Gasteiger partial charge >= 0.3 is 0 Å². The number of halogens is 2. The van der Waals surface area contributed by atoms with Crippen LogP contribution in [-0.2, 0) is 19.5 Å². The second kappa shape index (κ2) is 11.1. The molecule has 0 bridgehead atoms. The van der Waals surface area contributed by atoms with Gasteiger partial charge in [0.25, 0.3) is 0 Å². The number of rotatable bonds is 5. The van der Waals surface area contributed by atoms with E-state index < -0.39 is 0 Å². The van der Waals surface area contributed by atoms with Crippen LogP contribution in [0.4, 0.5) is 0 Å². The van der Waals surface area contributed by atoms with E-state index in [4.69, 9.17) is 15.9 Å². The Kier molecular flexibility index (Phi) is 8.51. The number of aromatic nitrogens is 1. The summed E-state index contributed by atoms with van der Waals surface area (Å²) in [5.74, 6) is 1.68. The van der Waals surface area contributed by atoms with Crippen LogP contribution < -0.4 is 10.5 Å². The van der Waals surface area contributed by atoms with Crippen LogP contribution in [0.2, 0.25) is 0 Å². The minimum absolute atomic E-state index is 0. The van der Waals surface area contributed by atoms with Gasteiger partial charge in [0, 0.05) is 30.8 Å². The van der Waals surface area contributed by atoms with Crippen molar-refractivity contribution in [2.45, 2.75) is 32.4 Å². The van der Waals surface area contributed by atoms with Crippen molar-refractivity contribution >= 4 is 41.7 Å². The van der Waals surface area contributed by atoms with Gasteiger partial charge in [-0.1, -0.05) is 24.3 Å². The molecule has 1 fully saturated rings. The second-order valence-corrected chi connectivity index (χ2v) is 8.90. The first-order chi connectivity index (χ1) is 15.1. The first-order valence-corrected chi connectivity index (χ1v) is 11.3. The van der Waals surface area contributed by atoms with Gasteiger partial charge in [-0.25, -0.2) is 0 Å². The summed E-state index contributed by atoms with van der Waals surface area (Å²) in [4.78, 5) is 7.99. The molecule has 0 unspecified atom stereocenters. The lowest BCUT2D eigenvalue weighted by molar-refractivity contribution is 0.136. The zero-order valence-corrected chi connectivity index (χ0v) is 20.4. The highest BCUT2D eigenvalue weighted by Crippen LogP contribution is 2.26. The number of hydrogen-bond acceptors (Lipinski definition) is 3. The third-order valence-electron chi connectivity index (χ3n) is 6.70. The van der Waals surface area contributed by atoms with E-state index in [2.05, 4.69) is 58.4 Å². The number of benzene rings is 2. The van der Waals surface area contributed by atoms with E-state index in [-0.39, 0.29) is 30.8 Å². The van der Waals surface area contributed by atoms with Gasteiger partial charge in [-0.2, -0.15) is 0 Å². The molecule has 0 saturated carbocycles. The van der Waals surface area contributed by atoms with Crippen LogP contribution in [0, 0.1) is 11.3 Å². The van der Waals surface area contributed by atoms with E-state index in [0.29, 0.717) is 12.5 Å². The van der Waals surface area contributed by atoms with Crippen molar-refractivity contribution in [1.29, 1.82) is 5.41 Å². The number of ether oxygens (including phenoxy) is 1. The number of guanidine groups is 1. The highest BCUT2D eigenvalue weighted by atomic mass is 35.5. The number of nitrogens with two attached hydrogens (primary N) is 1. The van der Waals surface area contributed by atoms with Crippen LogP contribution in [0.1, 0.15) is 29.7 Å². The standard InChI is InChI=1S/C25H31N5O.2ClH/c26-25(27)30-12-9-19-5-6-23(14-21(19)15-30)31-17-18-7-10-29(11-8-18)16-22-13-20-3-1-2-4-24(20)28-22;;/h1-6,13-14,18,28H,7-12,15-17H2,(H3,26,27);2*1H. The minimum atomic E-state index is 0. The molecule has 0 amide bonds. The minimum Gasteiger partial charge on any atom is -0.493 e. The SMILES string of the molecule is Cl.Cl.N=C(N)N1CCc2ccc(OCC3CCN(Cc4cc5ccccc5[nH]4)CC3)cc2C1. The fourth-order valence-corrected chi connectivity index (χ4v) is 4.81. The van der Waals surface area contributed by atoms with E-state index in [1.54, 1.807) is 0 Å². The molecule has 1 saturated heterocycles. The highest BCUT2D eigenvalue weighted by Gasteiger charge is 2.21. The number of H-pyrrole nitrogens is 1. The first-order valence-electron chi connectivity index (χ1n) is 11.3. The molecule has 2 aromatic carbocycles. The highest BCUT2D eigenvalue weighted by molar-refractivity contribution is 5.85. The maximum absolute atomic E-state index is 7.68. The average molecular weight is 490 g/mol. The van der Waals surface area contributed by atoms with Crippen molar-refractivity contribution in [3.05, 3.63) is 65.4 Å². The summed E-state index contributed by atoms with van der Waals surface area (Å²) in [7, 11) is 0. The molecule has 0 radical (unpaired) electrons. The normalized spacial score (nSPS) is 16.5. The molecule has 3 heterocycles. The van der Waals surface area contributed by atoms with Crippen molar-refractivity contribution in [3.63, 3.8) is 0 Å². The number of nitrogens with one attached hydrogen (secondary N) is 2. The molecular weight excluding hydrogens is 457 g/mol. The summed E-state index contributed by atoms with van der Waals surface area (Å²) < 4.78 is 6.17.